The molecule has 0 aromatic carbocycles. The highest BCUT2D eigenvalue weighted by Crippen LogP contribution is 2.41. The smallest absolute Gasteiger partial charge is 0.164 e. The Bertz CT molecular complexity index is 474. The molecule has 118 valence electrons. The predicted molar refractivity (Wildman–Crippen MR) is 88.9 cm³/mol. The summed E-state index contributed by atoms with van der Waals surface area (Å²) in [5.74, 6) is 2.03. The van der Waals surface area contributed by atoms with Crippen molar-refractivity contribution in [3.8, 4) is 12.3 Å². The van der Waals surface area contributed by atoms with Gasteiger partial charge in [-0.15, -0.1) is 6.42 Å². The quantitative estimate of drug-likeness (QED) is 0.532. The molecule has 21 heavy (non-hydrogen) atoms. The number of ether oxygens (including phenoxy) is 2. The van der Waals surface area contributed by atoms with Gasteiger partial charge in [-0.3, -0.25) is 0 Å². The Morgan fingerprint density at radius 2 is 1.90 bits per heavy atom. The van der Waals surface area contributed by atoms with Crippen molar-refractivity contribution in [3.05, 3.63) is 23.3 Å². The van der Waals surface area contributed by atoms with Gasteiger partial charge in [0.15, 0.2) is 5.79 Å². The minimum atomic E-state index is -0.777. The van der Waals surface area contributed by atoms with Crippen molar-refractivity contribution in [1.82, 2.24) is 0 Å². The van der Waals surface area contributed by atoms with Gasteiger partial charge in [-0.25, -0.2) is 0 Å². The SMILES string of the molecule is C#CC(C)(/C=C/C1=C(C)CCCC1(C)C)OC(C)(C)OC. The zero-order valence-corrected chi connectivity index (χ0v) is 14.7. The van der Waals surface area contributed by atoms with E-state index in [0.717, 1.165) is 0 Å². The second-order valence-corrected chi connectivity index (χ2v) is 7.22. The molecule has 0 aromatic rings. The average molecular weight is 290 g/mol. The van der Waals surface area contributed by atoms with E-state index in [1.54, 1.807) is 7.11 Å². The summed E-state index contributed by atoms with van der Waals surface area (Å²) in [4.78, 5) is 0. The maximum absolute atomic E-state index is 5.95. The fourth-order valence-corrected chi connectivity index (χ4v) is 2.92. The average Bonchev–Trinajstić information content (AvgIpc) is 2.37. The van der Waals surface area contributed by atoms with Gasteiger partial charge in [-0.2, -0.15) is 0 Å². The molecule has 0 fully saturated rings. The van der Waals surface area contributed by atoms with Crippen LogP contribution in [-0.2, 0) is 9.47 Å². The molecule has 0 aliphatic heterocycles. The summed E-state index contributed by atoms with van der Waals surface area (Å²) in [7, 11) is 1.62. The van der Waals surface area contributed by atoms with Crippen LogP contribution >= 0.6 is 0 Å². The van der Waals surface area contributed by atoms with E-state index in [4.69, 9.17) is 15.9 Å². The third kappa shape index (κ3) is 4.73. The minimum absolute atomic E-state index is 0.200. The molecule has 0 saturated carbocycles. The molecule has 1 aliphatic rings. The first kappa shape index (κ1) is 18.0. The molecule has 0 spiro atoms. The summed E-state index contributed by atoms with van der Waals surface area (Å²) in [5.41, 5.74) is 2.26. The second kappa shape index (κ2) is 6.38. The van der Waals surface area contributed by atoms with E-state index in [-0.39, 0.29) is 5.41 Å². The number of allylic oxidation sites excluding steroid dienone is 3. The van der Waals surface area contributed by atoms with Crippen molar-refractivity contribution in [1.29, 1.82) is 0 Å². The Morgan fingerprint density at radius 3 is 2.38 bits per heavy atom. The lowest BCUT2D eigenvalue weighted by Gasteiger charge is -2.35. The van der Waals surface area contributed by atoms with Crippen LogP contribution in [0.4, 0.5) is 0 Å². The molecule has 0 heterocycles. The van der Waals surface area contributed by atoms with Gasteiger partial charge in [-0.1, -0.05) is 31.4 Å². The molecule has 1 unspecified atom stereocenters. The lowest BCUT2D eigenvalue weighted by atomic mass is 9.72. The number of methoxy groups -OCH3 is 1. The van der Waals surface area contributed by atoms with Crippen LogP contribution in [0.25, 0.3) is 0 Å². The van der Waals surface area contributed by atoms with Crippen molar-refractivity contribution in [2.45, 2.75) is 72.2 Å². The Morgan fingerprint density at radius 1 is 1.29 bits per heavy atom. The van der Waals surface area contributed by atoms with Crippen LogP contribution in [0.3, 0.4) is 0 Å². The van der Waals surface area contributed by atoms with E-state index in [9.17, 15) is 0 Å². The van der Waals surface area contributed by atoms with Crippen LogP contribution in [0.1, 0.15) is 60.8 Å². The van der Waals surface area contributed by atoms with Gasteiger partial charge in [0.25, 0.3) is 0 Å². The molecular formula is C19H30O2. The topological polar surface area (TPSA) is 18.5 Å². The summed E-state index contributed by atoms with van der Waals surface area (Å²) in [6, 6.07) is 0. The number of terminal acetylenes is 1. The van der Waals surface area contributed by atoms with Gasteiger partial charge >= 0.3 is 0 Å². The lowest BCUT2D eigenvalue weighted by Crippen LogP contribution is -2.38. The molecule has 0 saturated heterocycles. The Balaban J connectivity index is 3.03. The zero-order chi connectivity index (χ0) is 16.3. The molecule has 0 radical (unpaired) electrons. The van der Waals surface area contributed by atoms with Crippen molar-refractivity contribution in [2.24, 2.45) is 5.41 Å². The number of hydrogen-bond acceptors (Lipinski definition) is 2. The molecule has 0 N–H and O–H groups in total. The van der Waals surface area contributed by atoms with Gasteiger partial charge in [0.1, 0.15) is 5.60 Å². The van der Waals surface area contributed by atoms with Crippen LogP contribution in [-0.4, -0.2) is 18.5 Å². The summed E-state index contributed by atoms with van der Waals surface area (Å²) in [5, 5.41) is 0. The summed E-state index contributed by atoms with van der Waals surface area (Å²) in [6.45, 7) is 12.4. The first-order chi connectivity index (χ1) is 9.55. The molecule has 0 aromatic heterocycles. The van der Waals surface area contributed by atoms with Crippen LogP contribution in [0.2, 0.25) is 0 Å². The molecule has 1 rings (SSSR count). The van der Waals surface area contributed by atoms with E-state index < -0.39 is 11.4 Å². The van der Waals surface area contributed by atoms with Crippen LogP contribution in [0.5, 0.6) is 0 Å². The lowest BCUT2D eigenvalue weighted by molar-refractivity contribution is -0.227. The van der Waals surface area contributed by atoms with Crippen molar-refractivity contribution >= 4 is 0 Å². The van der Waals surface area contributed by atoms with Gasteiger partial charge in [0.05, 0.1) is 0 Å². The van der Waals surface area contributed by atoms with Crippen LogP contribution in [0.15, 0.2) is 23.3 Å². The Kier molecular flexibility index (Phi) is 5.47. The first-order valence-electron chi connectivity index (χ1n) is 7.68. The third-order valence-corrected chi connectivity index (χ3v) is 4.35. The molecule has 1 aliphatic carbocycles. The second-order valence-electron chi connectivity index (χ2n) is 7.22. The van der Waals surface area contributed by atoms with Crippen LogP contribution < -0.4 is 0 Å². The largest absolute Gasteiger partial charge is 0.354 e. The zero-order valence-electron chi connectivity index (χ0n) is 14.7. The first-order valence-corrected chi connectivity index (χ1v) is 7.68. The molecule has 2 nitrogen and oxygen atoms in total. The Labute approximate surface area is 130 Å². The van der Waals surface area contributed by atoms with E-state index in [1.165, 1.54) is 30.4 Å². The third-order valence-electron chi connectivity index (χ3n) is 4.35. The fraction of sp³-hybridized carbons (Fsp3) is 0.684. The number of hydrogen-bond donors (Lipinski definition) is 0. The number of rotatable bonds is 5. The maximum atomic E-state index is 5.95. The maximum Gasteiger partial charge on any atom is 0.164 e. The highest BCUT2D eigenvalue weighted by molar-refractivity contribution is 5.35. The normalized spacial score (nSPS) is 22.2. The molecule has 1 atom stereocenters. The van der Waals surface area contributed by atoms with Crippen molar-refractivity contribution in [2.75, 3.05) is 7.11 Å². The molecule has 0 bridgehead atoms. The summed E-state index contributed by atoms with van der Waals surface area (Å²) < 4.78 is 11.3. The van der Waals surface area contributed by atoms with E-state index >= 15 is 0 Å². The van der Waals surface area contributed by atoms with Crippen LogP contribution in [0, 0.1) is 17.8 Å². The minimum Gasteiger partial charge on any atom is -0.354 e. The van der Waals surface area contributed by atoms with E-state index in [2.05, 4.69) is 32.8 Å². The van der Waals surface area contributed by atoms with Gasteiger partial charge in [0, 0.05) is 7.11 Å². The fourth-order valence-electron chi connectivity index (χ4n) is 2.92. The van der Waals surface area contributed by atoms with Crippen molar-refractivity contribution in [3.63, 3.8) is 0 Å². The summed E-state index contributed by atoms with van der Waals surface area (Å²) >= 11 is 0. The van der Waals surface area contributed by atoms with Gasteiger partial charge in [0.2, 0.25) is 0 Å². The van der Waals surface area contributed by atoms with Gasteiger partial charge < -0.3 is 9.47 Å². The molecule has 2 heteroatoms. The van der Waals surface area contributed by atoms with E-state index in [1.807, 2.05) is 26.8 Å². The molecular weight excluding hydrogens is 260 g/mol. The van der Waals surface area contributed by atoms with Gasteiger partial charge in [-0.05, 0) is 64.0 Å². The standard InChI is InChI=1S/C19H30O2/c1-9-19(7,21-18(5,6)20-8)14-12-16-15(2)11-10-13-17(16,3)4/h1,12,14H,10-11,13H2,2-8H3/b14-12+. The Hall–Kier alpha value is -1.04. The van der Waals surface area contributed by atoms with E-state index in [0.29, 0.717) is 0 Å². The summed E-state index contributed by atoms with van der Waals surface area (Å²) in [6.07, 6.45) is 13.5. The highest BCUT2D eigenvalue weighted by atomic mass is 16.7. The highest BCUT2D eigenvalue weighted by Gasteiger charge is 2.31. The monoisotopic (exact) mass is 290 g/mol. The predicted octanol–water partition coefficient (Wildman–Crippen LogP) is 4.86. The van der Waals surface area contributed by atoms with Crippen molar-refractivity contribution < 1.29 is 9.47 Å². The molecule has 0 amide bonds.